The lowest BCUT2D eigenvalue weighted by Gasteiger charge is -2.38. The summed E-state index contributed by atoms with van der Waals surface area (Å²) < 4.78 is 6.66. The standard InChI is InChI=1S/C30H34N4O5S/c1-34(2)13-11-33(12-14-34)27(35)19-39-24-9-7-21(8-10-24)25-20-40-26(32-25)18-31-29(38)30(17-28(36)37)15-22-5-3-4-6-23(22)16-30/h3-10,20H,11-19H2,1-2H3,(H-,31,36,37,38). The molecule has 1 saturated heterocycles. The van der Waals surface area contributed by atoms with Crippen LogP contribution >= 0.6 is 11.3 Å². The van der Waals surface area contributed by atoms with Gasteiger partial charge in [0.05, 0.1) is 57.9 Å². The number of quaternary nitrogens is 1. The fraction of sp³-hybridized carbons (Fsp3) is 0.400. The maximum absolute atomic E-state index is 13.2. The Balaban J connectivity index is 1.14. The summed E-state index contributed by atoms with van der Waals surface area (Å²) in [6, 6.07) is 15.1. The number of ether oxygens (including phenoxy) is 1. The summed E-state index contributed by atoms with van der Waals surface area (Å²) in [5, 5.41) is 17.1. The second kappa shape index (κ2) is 11.4. The second-order valence-corrected chi connectivity index (χ2v) is 12.3. The molecular formula is C30H34N4O5S. The van der Waals surface area contributed by atoms with E-state index in [1.54, 1.807) is 0 Å². The van der Waals surface area contributed by atoms with Crippen LogP contribution in [-0.4, -0.2) is 79.0 Å². The Morgan fingerprint density at radius 3 is 2.33 bits per heavy atom. The van der Waals surface area contributed by atoms with E-state index < -0.39 is 11.4 Å². The van der Waals surface area contributed by atoms with Gasteiger partial charge in [0.1, 0.15) is 10.8 Å². The highest BCUT2D eigenvalue weighted by Crippen LogP contribution is 2.40. The molecule has 210 valence electrons. The third-order valence-electron chi connectivity index (χ3n) is 7.91. The molecule has 40 heavy (non-hydrogen) atoms. The van der Waals surface area contributed by atoms with Crippen molar-refractivity contribution in [3.05, 3.63) is 70.0 Å². The average Bonchev–Trinajstić information content (AvgIpc) is 3.55. The highest BCUT2D eigenvalue weighted by molar-refractivity contribution is 7.09. The number of carboxylic acids is 1. The van der Waals surface area contributed by atoms with E-state index in [1.165, 1.54) is 11.3 Å². The SMILES string of the molecule is C[N+]1(C)CCN(C(=O)COc2ccc(-c3csc(CNC(=O)C4(CC(=O)[O-])Cc5ccccc5C4)n3)cc2)CC1. The van der Waals surface area contributed by atoms with Gasteiger partial charge in [-0.2, -0.15) is 0 Å². The van der Waals surface area contributed by atoms with Crippen molar-refractivity contribution in [3.63, 3.8) is 0 Å². The first-order valence-electron chi connectivity index (χ1n) is 13.4. The van der Waals surface area contributed by atoms with Gasteiger partial charge >= 0.3 is 0 Å². The van der Waals surface area contributed by atoms with Crippen molar-refractivity contribution < 1.29 is 28.7 Å². The average molecular weight is 563 g/mol. The molecule has 2 amide bonds. The molecule has 3 aromatic rings. The minimum atomic E-state index is -1.23. The van der Waals surface area contributed by atoms with E-state index in [9.17, 15) is 19.5 Å². The molecule has 1 N–H and O–H groups in total. The van der Waals surface area contributed by atoms with Crippen molar-refractivity contribution in [1.29, 1.82) is 0 Å². The second-order valence-electron chi connectivity index (χ2n) is 11.3. The molecule has 10 heteroatoms. The van der Waals surface area contributed by atoms with Crippen molar-refractivity contribution in [3.8, 4) is 17.0 Å². The molecule has 0 bridgehead atoms. The van der Waals surface area contributed by atoms with Gasteiger partial charge < -0.3 is 29.3 Å². The molecular weight excluding hydrogens is 528 g/mol. The van der Waals surface area contributed by atoms with Crippen LogP contribution in [0.1, 0.15) is 22.6 Å². The zero-order valence-corrected chi connectivity index (χ0v) is 23.7. The van der Waals surface area contributed by atoms with Crippen molar-refractivity contribution in [1.82, 2.24) is 15.2 Å². The zero-order chi connectivity index (χ0) is 28.3. The summed E-state index contributed by atoms with van der Waals surface area (Å²) >= 11 is 1.43. The number of thiazole rings is 1. The van der Waals surface area contributed by atoms with Gasteiger partial charge in [-0.3, -0.25) is 9.59 Å². The topological polar surface area (TPSA) is 112 Å². The van der Waals surface area contributed by atoms with E-state index in [0.717, 1.165) is 58.1 Å². The van der Waals surface area contributed by atoms with E-state index in [-0.39, 0.29) is 31.4 Å². The Morgan fingerprint density at radius 2 is 1.70 bits per heavy atom. The smallest absolute Gasteiger partial charge is 0.260 e. The Morgan fingerprint density at radius 1 is 1.05 bits per heavy atom. The fourth-order valence-corrected chi connectivity index (χ4v) is 6.16. The molecule has 1 aliphatic heterocycles. The lowest BCUT2D eigenvalue weighted by Crippen LogP contribution is -2.56. The summed E-state index contributed by atoms with van der Waals surface area (Å²) in [4.78, 5) is 43.8. The number of hydrogen-bond acceptors (Lipinski definition) is 7. The van der Waals surface area contributed by atoms with Crippen LogP contribution in [0.25, 0.3) is 11.3 Å². The molecule has 0 unspecified atom stereocenters. The van der Waals surface area contributed by atoms with Crippen LogP contribution in [0.2, 0.25) is 0 Å². The minimum Gasteiger partial charge on any atom is -0.550 e. The van der Waals surface area contributed by atoms with Crippen LogP contribution in [0.4, 0.5) is 0 Å². The van der Waals surface area contributed by atoms with Gasteiger partial charge in [0.2, 0.25) is 5.91 Å². The molecule has 0 spiro atoms. The molecule has 2 aromatic carbocycles. The Labute approximate surface area is 238 Å². The minimum absolute atomic E-state index is 0.00199. The van der Waals surface area contributed by atoms with E-state index in [2.05, 4.69) is 24.4 Å². The predicted octanol–water partition coefficient (Wildman–Crippen LogP) is 1.65. The number of aromatic nitrogens is 1. The molecule has 9 nitrogen and oxygen atoms in total. The number of carboxylic acid groups (broad SMARTS) is 1. The predicted molar refractivity (Wildman–Crippen MR) is 149 cm³/mol. The first kappa shape index (κ1) is 27.8. The van der Waals surface area contributed by atoms with Crippen molar-refractivity contribution in [2.75, 3.05) is 46.9 Å². The monoisotopic (exact) mass is 562 g/mol. The number of carbonyl (C=O) groups excluding carboxylic acids is 3. The largest absolute Gasteiger partial charge is 0.550 e. The van der Waals surface area contributed by atoms with Crippen molar-refractivity contribution in [2.45, 2.75) is 25.8 Å². The van der Waals surface area contributed by atoms with Gasteiger partial charge in [-0.1, -0.05) is 24.3 Å². The first-order valence-corrected chi connectivity index (χ1v) is 14.3. The quantitative estimate of drug-likeness (QED) is 0.397. The summed E-state index contributed by atoms with van der Waals surface area (Å²) in [5.74, 6) is -0.916. The molecule has 0 saturated carbocycles. The zero-order valence-electron chi connectivity index (χ0n) is 22.9. The van der Waals surface area contributed by atoms with Gasteiger partial charge in [0.25, 0.3) is 5.91 Å². The number of nitrogens with zero attached hydrogens (tertiary/aromatic N) is 3. The summed E-state index contributed by atoms with van der Waals surface area (Å²) in [5.41, 5.74) is 2.61. The molecule has 1 aromatic heterocycles. The Bertz CT molecular complexity index is 1370. The van der Waals surface area contributed by atoms with E-state index in [1.807, 2.05) is 58.8 Å². The molecule has 2 aliphatic rings. The number of fused-ring (bicyclic) bond motifs is 1. The molecule has 5 rings (SSSR count). The first-order chi connectivity index (χ1) is 19.1. The van der Waals surface area contributed by atoms with Gasteiger partial charge in [-0.25, -0.2) is 4.98 Å². The molecule has 0 atom stereocenters. The number of nitrogens with one attached hydrogen (secondary N) is 1. The molecule has 1 aliphatic carbocycles. The number of piperazine rings is 1. The maximum Gasteiger partial charge on any atom is 0.260 e. The number of hydrogen-bond donors (Lipinski definition) is 1. The third-order valence-corrected chi connectivity index (χ3v) is 8.76. The summed E-state index contributed by atoms with van der Waals surface area (Å²) in [6.07, 6.45) is 0.426. The normalized spacial score (nSPS) is 17.2. The van der Waals surface area contributed by atoms with E-state index >= 15 is 0 Å². The Hall–Kier alpha value is -3.76. The van der Waals surface area contributed by atoms with Crippen LogP contribution in [-0.2, 0) is 33.8 Å². The summed E-state index contributed by atoms with van der Waals surface area (Å²) in [6.45, 7) is 3.59. The number of likely N-dealkylation sites (N-methyl/N-ethyl adjacent to an activating group) is 1. The fourth-order valence-electron chi connectivity index (χ4n) is 5.42. The molecule has 0 radical (unpaired) electrons. The Kier molecular flexibility index (Phi) is 7.91. The van der Waals surface area contributed by atoms with Crippen LogP contribution in [0.15, 0.2) is 53.9 Å². The number of aliphatic carboxylic acids is 1. The molecule has 2 heterocycles. The highest BCUT2D eigenvalue weighted by Gasteiger charge is 2.43. The lowest BCUT2D eigenvalue weighted by atomic mass is 9.80. The number of amides is 2. The van der Waals surface area contributed by atoms with Gasteiger partial charge in [0, 0.05) is 23.3 Å². The van der Waals surface area contributed by atoms with Gasteiger partial charge in [0.15, 0.2) is 6.61 Å². The van der Waals surface area contributed by atoms with E-state index in [0.29, 0.717) is 18.6 Å². The molecule has 1 fully saturated rings. The van der Waals surface area contributed by atoms with Gasteiger partial charge in [-0.05, 0) is 48.2 Å². The van der Waals surface area contributed by atoms with Crippen molar-refractivity contribution in [2.24, 2.45) is 5.41 Å². The number of rotatable bonds is 9. The van der Waals surface area contributed by atoms with Crippen LogP contribution in [0.5, 0.6) is 5.75 Å². The number of carbonyl (C=O) groups is 3. The van der Waals surface area contributed by atoms with Crippen LogP contribution < -0.4 is 15.2 Å². The van der Waals surface area contributed by atoms with Gasteiger partial charge in [-0.15, -0.1) is 11.3 Å². The van der Waals surface area contributed by atoms with Crippen LogP contribution in [0, 0.1) is 5.41 Å². The third kappa shape index (κ3) is 6.34. The van der Waals surface area contributed by atoms with Crippen LogP contribution in [0.3, 0.4) is 0 Å². The van der Waals surface area contributed by atoms with Crippen molar-refractivity contribution >= 4 is 29.1 Å². The summed E-state index contributed by atoms with van der Waals surface area (Å²) in [7, 11) is 4.35. The maximum atomic E-state index is 13.2. The lowest BCUT2D eigenvalue weighted by molar-refractivity contribution is -0.894. The highest BCUT2D eigenvalue weighted by atomic mass is 32.1. The number of benzene rings is 2. The van der Waals surface area contributed by atoms with E-state index in [4.69, 9.17) is 4.74 Å².